The van der Waals surface area contributed by atoms with Crippen LogP contribution in [-0.2, 0) is 19.6 Å². The van der Waals surface area contributed by atoms with Gasteiger partial charge in [-0.1, -0.05) is 11.6 Å². The lowest BCUT2D eigenvalue weighted by Crippen LogP contribution is -2.43. The zero-order valence-corrected chi connectivity index (χ0v) is 19.3. The number of carbonyl (C=O) groups is 2. The summed E-state index contributed by atoms with van der Waals surface area (Å²) in [5, 5.41) is 0.573. The molecular weight excluding hydrogens is 462 g/mol. The summed E-state index contributed by atoms with van der Waals surface area (Å²) >= 11 is 5.94. The molecule has 12 heteroatoms. The van der Waals surface area contributed by atoms with E-state index in [2.05, 4.69) is 15.6 Å². The second kappa shape index (κ2) is 11.7. The molecule has 32 heavy (non-hydrogen) atoms. The van der Waals surface area contributed by atoms with Crippen molar-refractivity contribution in [3.63, 3.8) is 0 Å². The number of carbonyl (C=O) groups excluding carboxylic acids is 2. The Bertz CT molecular complexity index is 1080. The van der Waals surface area contributed by atoms with Gasteiger partial charge in [-0.2, -0.15) is 0 Å². The lowest BCUT2D eigenvalue weighted by Gasteiger charge is -2.13. The van der Waals surface area contributed by atoms with Crippen LogP contribution in [0, 0.1) is 6.92 Å². The van der Waals surface area contributed by atoms with Crippen LogP contribution >= 0.6 is 11.6 Å². The minimum Gasteiger partial charge on any atom is -0.495 e. The molecule has 0 saturated heterocycles. The molecule has 0 saturated carbocycles. The van der Waals surface area contributed by atoms with E-state index < -0.39 is 21.8 Å². The zero-order chi connectivity index (χ0) is 23.7. The van der Waals surface area contributed by atoms with Crippen molar-refractivity contribution in [2.24, 2.45) is 0 Å². The summed E-state index contributed by atoms with van der Waals surface area (Å²) in [6, 6.07) is 8.78. The Balaban J connectivity index is 2.00. The average Bonchev–Trinajstić information content (AvgIpc) is 2.77. The van der Waals surface area contributed by atoms with Crippen molar-refractivity contribution in [3.8, 4) is 11.5 Å². The largest absolute Gasteiger partial charge is 0.495 e. The minimum absolute atomic E-state index is 0.00698. The van der Waals surface area contributed by atoms with E-state index in [9.17, 15) is 18.0 Å². The van der Waals surface area contributed by atoms with Gasteiger partial charge < -0.3 is 14.2 Å². The van der Waals surface area contributed by atoms with E-state index in [0.29, 0.717) is 10.8 Å². The van der Waals surface area contributed by atoms with Gasteiger partial charge >= 0.3 is 0 Å². The Morgan fingerprint density at radius 3 is 2.47 bits per heavy atom. The van der Waals surface area contributed by atoms with E-state index in [1.54, 1.807) is 25.1 Å². The van der Waals surface area contributed by atoms with Crippen LogP contribution in [0.2, 0.25) is 5.02 Å². The van der Waals surface area contributed by atoms with Gasteiger partial charge in [0.2, 0.25) is 10.0 Å². The van der Waals surface area contributed by atoms with Gasteiger partial charge in [-0.05, 0) is 48.9 Å². The first-order valence-corrected chi connectivity index (χ1v) is 11.2. The molecule has 3 N–H and O–H groups in total. The Morgan fingerprint density at radius 2 is 1.81 bits per heavy atom. The normalized spacial score (nSPS) is 11.0. The molecule has 2 rings (SSSR count). The number of hydrogen-bond acceptors (Lipinski definition) is 7. The number of halogens is 1. The summed E-state index contributed by atoms with van der Waals surface area (Å²) in [4.78, 5) is 24.1. The molecule has 0 unspecified atom stereocenters. The van der Waals surface area contributed by atoms with Gasteiger partial charge in [-0.25, -0.2) is 13.1 Å². The minimum atomic E-state index is -3.96. The zero-order valence-electron chi connectivity index (χ0n) is 17.7. The van der Waals surface area contributed by atoms with Crippen molar-refractivity contribution >= 4 is 33.4 Å². The highest BCUT2D eigenvalue weighted by molar-refractivity contribution is 7.89. The maximum absolute atomic E-state index is 12.5. The predicted octanol–water partition coefficient (Wildman–Crippen LogP) is 1.42. The highest BCUT2D eigenvalue weighted by Gasteiger charge is 2.21. The topological polar surface area (TPSA) is 132 Å². The number of rotatable bonds is 10. The fraction of sp³-hybridized carbons (Fsp3) is 0.300. The second-order valence-corrected chi connectivity index (χ2v) is 8.60. The summed E-state index contributed by atoms with van der Waals surface area (Å²) in [6.45, 7) is 1.66. The molecule has 0 spiro atoms. The first kappa shape index (κ1) is 25.4. The van der Waals surface area contributed by atoms with Crippen molar-refractivity contribution in [2.45, 2.75) is 11.8 Å². The van der Waals surface area contributed by atoms with Crippen LogP contribution in [0.25, 0.3) is 0 Å². The third-order valence-electron chi connectivity index (χ3n) is 4.13. The Morgan fingerprint density at radius 1 is 1.06 bits per heavy atom. The molecule has 0 aliphatic rings. The molecule has 0 aliphatic heterocycles. The summed E-state index contributed by atoms with van der Waals surface area (Å²) in [5.74, 6) is -0.841. The first-order chi connectivity index (χ1) is 15.2. The van der Waals surface area contributed by atoms with Gasteiger partial charge in [-0.15, -0.1) is 0 Å². The number of hydrazine groups is 1. The fourth-order valence-corrected chi connectivity index (χ4v) is 3.80. The average molecular weight is 486 g/mol. The number of amides is 2. The Labute approximate surface area is 191 Å². The van der Waals surface area contributed by atoms with Crippen LogP contribution in [0.5, 0.6) is 11.5 Å². The molecule has 0 radical (unpaired) electrons. The SMILES string of the molecule is COCCNS(=O)(=O)c1cc(C(=O)NNC(=O)COc2ccc(Cl)c(C)c2)ccc1OC. The molecule has 0 atom stereocenters. The van der Waals surface area contributed by atoms with Crippen LogP contribution in [0.4, 0.5) is 0 Å². The van der Waals surface area contributed by atoms with Crippen LogP contribution in [0.1, 0.15) is 15.9 Å². The monoisotopic (exact) mass is 485 g/mol. The van der Waals surface area contributed by atoms with E-state index in [0.717, 1.165) is 11.6 Å². The smallest absolute Gasteiger partial charge is 0.276 e. The molecule has 174 valence electrons. The third kappa shape index (κ3) is 7.09. The van der Waals surface area contributed by atoms with Crippen molar-refractivity contribution in [1.82, 2.24) is 15.6 Å². The number of ether oxygens (including phenoxy) is 3. The molecule has 2 amide bonds. The highest BCUT2D eigenvalue weighted by atomic mass is 35.5. The van der Waals surface area contributed by atoms with E-state index in [-0.39, 0.29) is 36.0 Å². The van der Waals surface area contributed by atoms with Gasteiger partial charge in [0.1, 0.15) is 16.4 Å². The molecule has 0 fully saturated rings. The molecule has 0 heterocycles. The predicted molar refractivity (Wildman–Crippen MR) is 117 cm³/mol. The summed E-state index contributed by atoms with van der Waals surface area (Å²) < 4.78 is 42.6. The third-order valence-corrected chi connectivity index (χ3v) is 6.03. The lowest BCUT2D eigenvalue weighted by molar-refractivity contribution is -0.123. The number of methoxy groups -OCH3 is 2. The highest BCUT2D eigenvalue weighted by Crippen LogP contribution is 2.25. The van der Waals surface area contributed by atoms with E-state index in [1.807, 2.05) is 0 Å². The van der Waals surface area contributed by atoms with Gasteiger partial charge in [0.05, 0.1) is 13.7 Å². The van der Waals surface area contributed by atoms with Gasteiger partial charge in [0.15, 0.2) is 6.61 Å². The fourth-order valence-electron chi connectivity index (χ4n) is 2.47. The van der Waals surface area contributed by atoms with Crippen molar-refractivity contribution in [1.29, 1.82) is 0 Å². The standard InChI is InChI=1S/C20H24ClN3O7S/c1-13-10-15(5-6-16(13)21)31-12-19(25)23-24-20(26)14-4-7-17(30-3)18(11-14)32(27,28)22-8-9-29-2/h4-7,10-11,22H,8-9,12H2,1-3H3,(H,23,25)(H,24,26). The molecular formula is C20H24ClN3O7S. The van der Waals surface area contributed by atoms with Crippen LogP contribution in [-0.4, -0.2) is 54.2 Å². The maximum atomic E-state index is 12.5. The summed E-state index contributed by atoms with van der Waals surface area (Å²) in [5.41, 5.74) is 5.20. The van der Waals surface area contributed by atoms with Gasteiger partial charge in [0.25, 0.3) is 11.8 Å². The molecule has 0 bridgehead atoms. The van der Waals surface area contributed by atoms with E-state index in [4.69, 9.17) is 25.8 Å². The number of benzene rings is 2. The number of sulfonamides is 1. The molecule has 10 nitrogen and oxygen atoms in total. The van der Waals surface area contributed by atoms with Crippen LogP contribution in [0.3, 0.4) is 0 Å². The number of aryl methyl sites for hydroxylation is 1. The quantitative estimate of drug-likeness (QED) is 0.342. The van der Waals surface area contributed by atoms with Gasteiger partial charge in [-0.3, -0.25) is 20.4 Å². The maximum Gasteiger partial charge on any atom is 0.276 e. The lowest BCUT2D eigenvalue weighted by atomic mass is 10.2. The molecule has 2 aromatic rings. The van der Waals surface area contributed by atoms with Crippen LogP contribution in [0.15, 0.2) is 41.3 Å². The van der Waals surface area contributed by atoms with Crippen molar-refractivity contribution in [2.75, 3.05) is 34.0 Å². The summed E-state index contributed by atoms with van der Waals surface area (Å²) in [6.07, 6.45) is 0. The van der Waals surface area contributed by atoms with Crippen LogP contribution < -0.4 is 25.0 Å². The van der Waals surface area contributed by atoms with E-state index in [1.165, 1.54) is 26.4 Å². The van der Waals surface area contributed by atoms with E-state index >= 15 is 0 Å². The Hall–Kier alpha value is -2.86. The number of hydrogen-bond donors (Lipinski definition) is 3. The van der Waals surface area contributed by atoms with Gasteiger partial charge in [0, 0.05) is 24.2 Å². The Kier molecular flexibility index (Phi) is 9.27. The number of nitrogens with one attached hydrogen (secondary N) is 3. The van der Waals surface area contributed by atoms with Crippen molar-refractivity contribution < 1.29 is 32.2 Å². The first-order valence-electron chi connectivity index (χ1n) is 9.32. The second-order valence-electron chi connectivity index (χ2n) is 6.46. The molecule has 2 aromatic carbocycles. The molecule has 0 aliphatic carbocycles. The summed E-state index contributed by atoms with van der Waals surface area (Å²) in [7, 11) is -1.21. The molecule has 0 aromatic heterocycles. The van der Waals surface area contributed by atoms with Crippen molar-refractivity contribution in [3.05, 3.63) is 52.5 Å².